The number of urea groups is 1. The smallest absolute Gasteiger partial charge is 0.336 e. The van der Waals surface area contributed by atoms with Gasteiger partial charge < -0.3 is 10.2 Å². The van der Waals surface area contributed by atoms with E-state index in [-0.39, 0.29) is 18.4 Å². The Morgan fingerprint density at radius 3 is 3.00 bits per heavy atom. The monoisotopic (exact) mass is 224 g/mol. The number of nitrogens with one attached hydrogen (secondary N) is 2. The highest BCUT2D eigenvalue weighted by atomic mass is 16.2. The van der Waals surface area contributed by atoms with Crippen LogP contribution in [0, 0.1) is 0 Å². The number of amides is 3. The number of allylic oxidation sites excluding steroid dienone is 1. The summed E-state index contributed by atoms with van der Waals surface area (Å²) in [7, 11) is 1.69. The molecule has 1 aliphatic rings. The van der Waals surface area contributed by atoms with Crippen molar-refractivity contribution >= 4 is 17.9 Å². The van der Waals surface area contributed by atoms with E-state index in [2.05, 4.69) is 22.5 Å². The minimum absolute atomic E-state index is 0.157. The highest BCUT2D eigenvalue weighted by Gasteiger charge is 2.21. The predicted octanol–water partition coefficient (Wildman–Crippen LogP) is 0.427. The van der Waals surface area contributed by atoms with E-state index in [1.807, 2.05) is 6.08 Å². The molecule has 0 bridgehead atoms. The largest absolute Gasteiger partial charge is 0.348 e. The van der Waals surface area contributed by atoms with Crippen LogP contribution in [-0.2, 0) is 4.79 Å². The first kappa shape index (κ1) is 12.2. The van der Waals surface area contributed by atoms with Gasteiger partial charge in [-0.2, -0.15) is 4.99 Å². The maximum atomic E-state index is 11.3. The van der Waals surface area contributed by atoms with Gasteiger partial charge in [0.15, 0.2) is 0 Å². The molecule has 1 heterocycles. The predicted molar refractivity (Wildman–Crippen MR) is 60.8 cm³/mol. The molecule has 0 aromatic carbocycles. The van der Waals surface area contributed by atoms with Gasteiger partial charge in [0, 0.05) is 13.2 Å². The number of hydrogen-bond acceptors (Lipinski definition) is 2. The Morgan fingerprint density at radius 2 is 2.44 bits per heavy atom. The maximum absolute atomic E-state index is 11.3. The molecule has 88 valence electrons. The molecule has 0 atom stereocenters. The van der Waals surface area contributed by atoms with Crippen molar-refractivity contribution in [2.45, 2.75) is 19.8 Å². The number of carbonyl (C=O) groups is 2. The quantitative estimate of drug-likeness (QED) is 0.730. The van der Waals surface area contributed by atoms with Crippen molar-refractivity contribution in [3.05, 3.63) is 12.3 Å². The Balaban J connectivity index is 2.44. The number of rotatable bonds is 3. The SMILES string of the molecule is CCCC=CNC(=O)N=C1NC(=O)CN1C. The average Bonchev–Trinajstić information content (AvgIpc) is 2.52. The third-order valence-corrected chi connectivity index (χ3v) is 1.98. The van der Waals surface area contributed by atoms with E-state index in [0.717, 1.165) is 12.8 Å². The van der Waals surface area contributed by atoms with Crippen LogP contribution in [0.15, 0.2) is 17.3 Å². The second-order valence-electron chi connectivity index (χ2n) is 3.48. The minimum atomic E-state index is -0.489. The van der Waals surface area contributed by atoms with E-state index in [9.17, 15) is 9.59 Å². The Labute approximate surface area is 94.4 Å². The minimum Gasteiger partial charge on any atom is -0.336 e. The second kappa shape index (κ2) is 5.89. The molecule has 2 N–H and O–H groups in total. The van der Waals surface area contributed by atoms with Crippen molar-refractivity contribution in [1.82, 2.24) is 15.5 Å². The van der Waals surface area contributed by atoms with E-state index in [0.29, 0.717) is 0 Å². The van der Waals surface area contributed by atoms with Gasteiger partial charge in [-0.25, -0.2) is 4.79 Å². The summed E-state index contributed by atoms with van der Waals surface area (Å²) in [6.07, 6.45) is 5.36. The standard InChI is InChI=1S/C10H16N4O2/c1-3-4-5-6-11-10(16)13-9-12-8(15)7-14(9)2/h5-6H,3-4,7H2,1-2H3,(H2,11,12,13,15,16). The number of hydrogen-bond donors (Lipinski definition) is 2. The van der Waals surface area contributed by atoms with Crippen LogP contribution in [0.5, 0.6) is 0 Å². The fourth-order valence-corrected chi connectivity index (χ4v) is 1.17. The molecule has 0 unspecified atom stereocenters. The van der Waals surface area contributed by atoms with E-state index in [4.69, 9.17) is 0 Å². The van der Waals surface area contributed by atoms with Crippen LogP contribution < -0.4 is 10.6 Å². The van der Waals surface area contributed by atoms with E-state index < -0.39 is 6.03 Å². The fourth-order valence-electron chi connectivity index (χ4n) is 1.17. The normalized spacial score (nSPS) is 18.2. The molecular formula is C10H16N4O2. The number of likely N-dealkylation sites (N-methyl/N-ethyl adjacent to an activating group) is 1. The van der Waals surface area contributed by atoms with E-state index in [1.165, 1.54) is 0 Å². The van der Waals surface area contributed by atoms with Gasteiger partial charge >= 0.3 is 6.03 Å². The summed E-state index contributed by atoms with van der Waals surface area (Å²) >= 11 is 0. The van der Waals surface area contributed by atoms with Gasteiger partial charge in [-0.3, -0.25) is 10.1 Å². The molecule has 3 amide bonds. The molecule has 0 radical (unpaired) electrons. The lowest BCUT2D eigenvalue weighted by Crippen LogP contribution is -2.29. The number of unbranched alkanes of at least 4 members (excludes halogenated alkanes) is 1. The molecule has 0 saturated carbocycles. The maximum Gasteiger partial charge on any atom is 0.348 e. The molecular weight excluding hydrogens is 208 g/mol. The first-order valence-corrected chi connectivity index (χ1v) is 5.18. The number of guanidine groups is 1. The van der Waals surface area contributed by atoms with Gasteiger partial charge in [-0.1, -0.05) is 19.4 Å². The van der Waals surface area contributed by atoms with Crippen LogP contribution in [0.3, 0.4) is 0 Å². The van der Waals surface area contributed by atoms with Crippen molar-refractivity contribution in [2.75, 3.05) is 13.6 Å². The molecule has 6 heteroatoms. The van der Waals surface area contributed by atoms with Crippen LogP contribution in [0.4, 0.5) is 4.79 Å². The lowest BCUT2D eigenvalue weighted by atomic mass is 10.3. The molecule has 0 aromatic heterocycles. The Hall–Kier alpha value is -1.85. The second-order valence-corrected chi connectivity index (χ2v) is 3.48. The van der Waals surface area contributed by atoms with Gasteiger partial charge in [0.25, 0.3) is 0 Å². The van der Waals surface area contributed by atoms with Gasteiger partial charge in [0.1, 0.15) is 0 Å². The molecule has 1 aliphatic heterocycles. The third-order valence-electron chi connectivity index (χ3n) is 1.98. The molecule has 16 heavy (non-hydrogen) atoms. The Morgan fingerprint density at radius 1 is 1.69 bits per heavy atom. The van der Waals surface area contributed by atoms with Crippen molar-refractivity contribution in [3.63, 3.8) is 0 Å². The number of aliphatic imine (C=N–C) groups is 1. The summed E-state index contributed by atoms with van der Waals surface area (Å²) < 4.78 is 0. The molecule has 0 aliphatic carbocycles. The topological polar surface area (TPSA) is 73.8 Å². The average molecular weight is 224 g/mol. The van der Waals surface area contributed by atoms with E-state index >= 15 is 0 Å². The van der Waals surface area contributed by atoms with Crippen molar-refractivity contribution in [2.24, 2.45) is 4.99 Å². The molecule has 0 aromatic rings. The summed E-state index contributed by atoms with van der Waals surface area (Å²) in [5.41, 5.74) is 0. The highest BCUT2D eigenvalue weighted by molar-refractivity contribution is 6.07. The van der Waals surface area contributed by atoms with Crippen LogP contribution in [0.2, 0.25) is 0 Å². The molecule has 6 nitrogen and oxygen atoms in total. The lowest BCUT2D eigenvalue weighted by molar-refractivity contribution is -0.118. The summed E-state index contributed by atoms with van der Waals surface area (Å²) in [6.45, 7) is 2.28. The molecule has 0 spiro atoms. The van der Waals surface area contributed by atoms with Gasteiger partial charge in [-0.15, -0.1) is 0 Å². The van der Waals surface area contributed by atoms with Crippen LogP contribution in [-0.4, -0.2) is 36.4 Å². The van der Waals surface area contributed by atoms with Crippen LogP contribution >= 0.6 is 0 Å². The first-order valence-electron chi connectivity index (χ1n) is 5.18. The zero-order chi connectivity index (χ0) is 12.0. The molecule has 1 saturated heterocycles. The fraction of sp³-hybridized carbons (Fsp3) is 0.500. The number of carbonyl (C=O) groups excluding carboxylic acids is 2. The number of nitrogens with zero attached hydrogens (tertiary/aromatic N) is 2. The third kappa shape index (κ3) is 3.72. The lowest BCUT2D eigenvalue weighted by Gasteiger charge is -2.07. The van der Waals surface area contributed by atoms with Gasteiger partial charge in [0.05, 0.1) is 6.54 Å². The zero-order valence-corrected chi connectivity index (χ0v) is 9.49. The van der Waals surface area contributed by atoms with E-state index in [1.54, 1.807) is 18.1 Å². The van der Waals surface area contributed by atoms with Gasteiger partial charge in [-0.05, 0) is 6.42 Å². The summed E-state index contributed by atoms with van der Waals surface area (Å²) in [4.78, 5) is 27.5. The highest BCUT2D eigenvalue weighted by Crippen LogP contribution is 1.94. The van der Waals surface area contributed by atoms with Crippen LogP contribution in [0.25, 0.3) is 0 Å². The Kier molecular flexibility index (Phi) is 4.50. The summed E-state index contributed by atoms with van der Waals surface area (Å²) in [6, 6.07) is -0.489. The summed E-state index contributed by atoms with van der Waals surface area (Å²) in [5.74, 6) is 0.127. The van der Waals surface area contributed by atoms with Crippen molar-refractivity contribution < 1.29 is 9.59 Å². The Bertz CT molecular complexity index is 336. The van der Waals surface area contributed by atoms with Gasteiger partial charge in [0.2, 0.25) is 11.9 Å². The van der Waals surface area contributed by atoms with Crippen LogP contribution in [0.1, 0.15) is 19.8 Å². The van der Waals surface area contributed by atoms with Crippen molar-refractivity contribution in [3.8, 4) is 0 Å². The zero-order valence-electron chi connectivity index (χ0n) is 9.49. The van der Waals surface area contributed by atoms with Crippen molar-refractivity contribution in [1.29, 1.82) is 0 Å². The molecule has 1 fully saturated rings. The summed E-state index contributed by atoms with van der Waals surface area (Å²) in [5, 5.41) is 4.98. The first-order chi connectivity index (χ1) is 7.63. The molecule has 1 rings (SSSR count).